The molecule has 2 heterocycles. The van der Waals surface area contributed by atoms with Crippen LogP contribution >= 0.6 is 43.2 Å². The molecule has 24 heavy (non-hydrogen) atoms. The normalized spacial score (nSPS) is 12.2. The van der Waals surface area contributed by atoms with Crippen LogP contribution in [-0.4, -0.2) is 14.6 Å². The Morgan fingerprint density at radius 3 is 2.54 bits per heavy atom. The molecule has 0 saturated carbocycles. The Kier molecular flexibility index (Phi) is 4.07. The monoisotopic (exact) mass is 461 g/mol. The van der Waals surface area contributed by atoms with E-state index < -0.39 is 0 Å². The van der Waals surface area contributed by atoms with Crippen molar-refractivity contribution in [1.29, 1.82) is 0 Å². The molecule has 7 heteroatoms. The van der Waals surface area contributed by atoms with Gasteiger partial charge in [-0.2, -0.15) is 9.50 Å². The molecule has 0 aliphatic rings. The van der Waals surface area contributed by atoms with E-state index in [1.807, 2.05) is 54.6 Å². The summed E-state index contributed by atoms with van der Waals surface area (Å²) in [7, 11) is 0. The van der Waals surface area contributed by atoms with Crippen LogP contribution in [0, 0.1) is 0 Å². The van der Waals surface area contributed by atoms with E-state index in [-0.39, 0.29) is 5.56 Å². The summed E-state index contributed by atoms with van der Waals surface area (Å²) in [5.74, 6) is 0.555. The molecule has 0 saturated heterocycles. The minimum absolute atomic E-state index is 0.147. The minimum Gasteiger partial charge on any atom is -0.266 e. The summed E-state index contributed by atoms with van der Waals surface area (Å²) in [6.45, 7) is 0. The van der Waals surface area contributed by atoms with E-state index in [1.165, 1.54) is 15.9 Å². The lowest BCUT2D eigenvalue weighted by Crippen LogP contribution is -2.23. The number of aromatic nitrogens is 3. The first-order valence-electron chi connectivity index (χ1n) is 7.03. The molecule has 0 radical (unpaired) electrons. The molecule has 4 aromatic rings. The Hall–Kier alpha value is -1.83. The first kappa shape index (κ1) is 15.7. The molecule has 4 nitrogen and oxygen atoms in total. The number of benzene rings is 2. The quantitative estimate of drug-likeness (QED) is 0.454. The van der Waals surface area contributed by atoms with Gasteiger partial charge in [0.05, 0.1) is 4.53 Å². The molecular formula is C17H9Br2N3OS. The fraction of sp³-hybridized carbons (Fsp3) is 0. The number of nitrogens with zero attached hydrogens (tertiary/aromatic N) is 3. The Labute approximate surface area is 157 Å². The van der Waals surface area contributed by atoms with E-state index in [1.54, 1.807) is 0 Å². The van der Waals surface area contributed by atoms with Crippen molar-refractivity contribution >= 4 is 54.2 Å². The van der Waals surface area contributed by atoms with E-state index in [2.05, 4.69) is 41.9 Å². The Bertz CT molecular complexity index is 1150. The maximum Gasteiger partial charge on any atom is 0.291 e. The van der Waals surface area contributed by atoms with E-state index in [0.29, 0.717) is 15.3 Å². The average molecular weight is 463 g/mol. The third-order valence-corrected chi connectivity index (χ3v) is 5.41. The maximum atomic E-state index is 12.5. The molecule has 118 valence electrons. The van der Waals surface area contributed by atoms with Gasteiger partial charge in [-0.1, -0.05) is 67.5 Å². The summed E-state index contributed by atoms with van der Waals surface area (Å²) in [6.07, 6.45) is 1.85. The SMILES string of the molecule is O=c1c(=Cc2cccc(Br)c2)sc2nc(-c3ccc(Br)cc3)nn12. The number of hydrogen-bond acceptors (Lipinski definition) is 4. The molecule has 0 unspecified atom stereocenters. The Morgan fingerprint density at radius 2 is 1.83 bits per heavy atom. The van der Waals surface area contributed by atoms with Gasteiger partial charge in [-0.15, -0.1) is 5.10 Å². The van der Waals surface area contributed by atoms with Gasteiger partial charge in [0.25, 0.3) is 5.56 Å². The van der Waals surface area contributed by atoms with E-state index in [4.69, 9.17) is 0 Å². The molecule has 0 aliphatic heterocycles. The number of hydrogen-bond donors (Lipinski definition) is 0. The second kappa shape index (κ2) is 6.23. The van der Waals surface area contributed by atoms with Gasteiger partial charge in [-0.25, -0.2) is 0 Å². The zero-order chi connectivity index (χ0) is 16.7. The van der Waals surface area contributed by atoms with Crippen molar-refractivity contribution in [2.24, 2.45) is 0 Å². The zero-order valence-electron chi connectivity index (χ0n) is 12.1. The summed E-state index contributed by atoms with van der Waals surface area (Å²) in [4.78, 5) is 17.6. The van der Waals surface area contributed by atoms with Crippen LogP contribution in [0.2, 0.25) is 0 Å². The Morgan fingerprint density at radius 1 is 1.04 bits per heavy atom. The standard InChI is InChI=1S/C17H9Br2N3OS/c18-12-6-4-11(5-7-12)15-20-17-22(21-15)16(23)14(24-17)9-10-2-1-3-13(19)8-10/h1-9H. The molecule has 2 aromatic heterocycles. The van der Waals surface area contributed by atoms with Crippen molar-refractivity contribution in [2.75, 3.05) is 0 Å². The molecule has 0 amide bonds. The maximum absolute atomic E-state index is 12.5. The van der Waals surface area contributed by atoms with Gasteiger partial charge in [0.15, 0.2) is 5.82 Å². The highest BCUT2D eigenvalue weighted by Gasteiger charge is 2.11. The van der Waals surface area contributed by atoms with Gasteiger partial charge in [-0.3, -0.25) is 4.79 Å². The summed E-state index contributed by atoms with van der Waals surface area (Å²) in [6, 6.07) is 15.5. The van der Waals surface area contributed by atoms with Crippen LogP contribution in [0.25, 0.3) is 22.4 Å². The zero-order valence-corrected chi connectivity index (χ0v) is 16.1. The van der Waals surface area contributed by atoms with Gasteiger partial charge in [0.1, 0.15) is 0 Å². The second-order valence-electron chi connectivity index (χ2n) is 5.11. The number of fused-ring (bicyclic) bond motifs is 1. The van der Waals surface area contributed by atoms with Crippen LogP contribution < -0.4 is 10.1 Å². The first-order valence-corrected chi connectivity index (χ1v) is 9.43. The van der Waals surface area contributed by atoms with Crippen molar-refractivity contribution in [3.63, 3.8) is 0 Å². The summed E-state index contributed by atoms with van der Waals surface area (Å²) >= 11 is 8.18. The third kappa shape index (κ3) is 2.94. The van der Waals surface area contributed by atoms with E-state index in [0.717, 1.165) is 20.1 Å². The highest BCUT2D eigenvalue weighted by molar-refractivity contribution is 9.10. The predicted molar refractivity (Wildman–Crippen MR) is 103 cm³/mol. The molecular weight excluding hydrogens is 454 g/mol. The van der Waals surface area contributed by atoms with E-state index >= 15 is 0 Å². The molecule has 2 aromatic carbocycles. The topological polar surface area (TPSA) is 47.3 Å². The lowest BCUT2D eigenvalue weighted by molar-refractivity contribution is 0.937. The molecule has 0 atom stereocenters. The van der Waals surface area contributed by atoms with Gasteiger partial charge < -0.3 is 0 Å². The average Bonchev–Trinajstić information content (AvgIpc) is 3.09. The van der Waals surface area contributed by atoms with Crippen LogP contribution in [0.15, 0.2) is 62.3 Å². The first-order chi connectivity index (χ1) is 11.6. The smallest absolute Gasteiger partial charge is 0.266 e. The molecule has 0 N–H and O–H groups in total. The van der Waals surface area contributed by atoms with Crippen molar-refractivity contribution in [3.05, 3.63) is 77.9 Å². The van der Waals surface area contributed by atoms with Crippen molar-refractivity contribution in [2.45, 2.75) is 0 Å². The van der Waals surface area contributed by atoms with Crippen LogP contribution in [0.1, 0.15) is 5.56 Å². The summed E-state index contributed by atoms with van der Waals surface area (Å²) < 4.78 is 3.94. The fourth-order valence-electron chi connectivity index (χ4n) is 2.30. The largest absolute Gasteiger partial charge is 0.291 e. The summed E-state index contributed by atoms with van der Waals surface area (Å²) in [5.41, 5.74) is 1.69. The number of thiazole rings is 1. The lowest BCUT2D eigenvalue weighted by atomic mass is 10.2. The molecule has 0 aliphatic carbocycles. The van der Waals surface area contributed by atoms with Gasteiger partial charge >= 0.3 is 0 Å². The summed E-state index contributed by atoms with van der Waals surface area (Å²) in [5, 5.41) is 4.35. The molecule has 0 fully saturated rings. The second-order valence-corrected chi connectivity index (χ2v) is 7.95. The van der Waals surface area contributed by atoms with Gasteiger partial charge in [0.2, 0.25) is 4.96 Å². The highest BCUT2D eigenvalue weighted by Crippen LogP contribution is 2.19. The minimum atomic E-state index is -0.147. The van der Waals surface area contributed by atoms with Gasteiger partial charge in [-0.05, 0) is 35.9 Å². The fourth-order valence-corrected chi connectivity index (χ4v) is 3.89. The molecule has 4 rings (SSSR count). The third-order valence-electron chi connectivity index (χ3n) is 3.43. The highest BCUT2D eigenvalue weighted by atomic mass is 79.9. The van der Waals surface area contributed by atoms with Crippen LogP contribution in [-0.2, 0) is 0 Å². The van der Waals surface area contributed by atoms with Crippen molar-refractivity contribution < 1.29 is 0 Å². The lowest BCUT2D eigenvalue weighted by Gasteiger charge is -1.94. The van der Waals surface area contributed by atoms with Crippen LogP contribution in [0.3, 0.4) is 0 Å². The van der Waals surface area contributed by atoms with Gasteiger partial charge in [0, 0.05) is 14.5 Å². The van der Waals surface area contributed by atoms with E-state index in [9.17, 15) is 4.79 Å². The van der Waals surface area contributed by atoms with Crippen LogP contribution in [0.5, 0.6) is 0 Å². The van der Waals surface area contributed by atoms with Crippen molar-refractivity contribution in [1.82, 2.24) is 14.6 Å². The molecule has 0 bridgehead atoms. The predicted octanol–water partition coefficient (Wildman–Crippen LogP) is 3.89. The Balaban J connectivity index is 1.81. The number of halogens is 2. The van der Waals surface area contributed by atoms with Crippen LogP contribution in [0.4, 0.5) is 0 Å². The molecule has 0 spiro atoms. The van der Waals surface area contributed by atoms with Crippen molar-refractivity contribution in [3.8, 4) is 11.4 Å². The number of rotatable bonds is 2.